The molecule has 1 fully saturated rings. The number of nitrogens with zero attached hydrogens (tertiary/aromatic N) is 1. The smallest absolute Gasteiger partial charge is 0.238 e. The minimum atomic E-state index is 0.0195. The highest BCUT2D eigenvalue weighted by Crippen LogP contribution is 2.13. The number of anilines is 1. The van der Waals surface area contributed by atoms with Gasteiger partial charge in [-0.15, -0.1) is 0 Å². The lowest BCUT2D eigenvalue weighted by Gasteiger charge is -2.33. The molecular formula is C13H18ClN3O. The van der Waals surface area contributed by atoms with Crippen LogP contribution in [-0.2, 0) is 4.79 Å². The van der Waals surface area contributed by atoms with Crippen LogP contribution in [0.15, 0.2) is 24.3 Å². The lowest BCUT2D eigenvalue weighted by atomic mass is 10.2. The number of carbonyl (C=O) groups excluding carboxylic acids is 1. The highest BCUT2D eigenvalue weighted by molar-refractivity contribution is 6.30. The van der Waals surface area contributed by atoms with Crippen molar-refractivity contribution >= 4 is 23.2 Å². The zero-order valence-corrected chi connectivity index (χ0v) is 11.2. The third kappa shape index (κ3) is 3.70. The largest absolute Gasteiger partial charge is 0.325 e. The predicted octanol–water partition coefficient (Wildman–Crippen LogP) is 1.57. The van der Waals surface area contributed by atoms with E-state index in [4.69, 9.17) is 11.6 Å². The third-order valence-electron chi connectivity index (χ3n) is 3.11. The molecule has 5 heteroatoms. The molecule has 0 unspecified atom stereocenters. The number of piperazine rings is 1. The maximum absolute atomic E-state index is 11.9. The maximum Gasteiger partial charge on any atom is 0.238 e. The molecule has 4 nitrogen and oxygen atoms in total. The second kappa shape index (κ2) is 6.18. The molecule has 0 bridgehead atoms. The Labute approximate surface area is 112 Å². The number of hydrogen-bond acceptors (Lipinski definition) is 3. The van der Waals surface area contributed by atoms with Gasteiger partial charge in [0.05, 0.1) is 6.54 Å². The summed E-state index contributed by atoms with van der Waals surface area (Å²) in [6.07, 6.45) is 0. The summed E-state index contributed by atoms with van der Waals surface area (Å²) in [5, 5.41) is 6.85. The van der Waals surface area contributed by atoms with E-state index in [0.29, 0.717) is 17.6 Å². The minimum Gasteiger partial charge on any atom is -0.325 e. The fourth-order valence-electron chi connectivity index (χ4n) is 2.04. The van der Waals surface area contributed by atoms with Crippen molar-refractivity contribution in [2.75, 3.05) is 31.5 Å². The first-order valence-corrected chi connectivity index (χ1v) is 6.53. The third-order valence-corrected chi connectivity index (χ3v) is 3.37. The summed E-state index contributed by atoms with van der Waals surface area (Å²) in [6, 6.07) is 7.55. The van der Waals surface area contributed by atoms with Gasteiger partial charge in [0, 0.05) is 36.4 Å². The zero-order chi connectivity index (χ0) is 13.0. The first-order chi connectivity index (χ1) is 8.65. The lowest BCUT2D eigenvalue weighted by molar-refractivity contribution is -0.118. The number of carbonyl (C=O) groups is 1. The number of rotatable bonds is 3. The molecule has 1 aromatic rings. The summed E-state index contributed by atoms with van der Waals surface area (Å²) in [4.78, 5) is 14.1. The van der Waals surface area contributed by atoms with Crippen LogP contribution in [0.5, 0.6) is 0 Å². The van der Waals surface area contributed by atoms with Crippen molar-refractivity contribution in [3.05, 3.63) is 29.3 Å². The molecule has 1 aliphatic heterocycles. The van der Waals surface area contributed by atoms with E-state index in [1.165, 1.54) is 0 Å². The molecule has 1 atom stereocenters. The molecule has 1 saturated heterocycles. The van der Waals surface area contributed by atoms with Gasteiger partial charge in [-0.25, -0.2) is 0 Å². The van der Waals surface area contributed by atoms with Gasteiger partial charge >= 0.3 is 0 Å². The summed E-state index contributed by atoms with van der Waals surface area (Å²) in [7, 11) is 0. The second-order valence-corrected chi connectivity index (χ2v) is 5.02. The monoisotopic (exact) mass is 267 g/mol. The first kappa shape index (κ1) is 13.3. The van der Waals surface area contributed by atoms with Gasteiger partial charge in [0.2, 0.25) is 5.91 Å². The van der Waals surface area contributed by atoms with E-state index < -0.39 is 0 Å². The Morgan fingerprint density at radius 2 is 2.22 bits per heavy atom. The van der Waals surface area contributed by atoms with Gasteiger partial charge in [-0.05, 0) is 31.2 Å². The highest BCUT2D eigenvalue weighted by Gasteiger charge is 2.20. The van der Waals surface area contributed by atoms with E-state index in [0.717, 1.165) is 25.3 Å². The topological polar surface area (TPSA) is 44.4 Å². The summed E-state index contributed by atoms with van der Waals surface area (Å²) in [5.41, 5.74) is 0.784. The van der Waals surface area contributed by atoms with Gasteiger partial charge in [-0.1, -0.05) is 11.6 Å². The predicted molar refractivity (Wildman–Crippen MR) is 74.0 cm³/mol. The average molecular weight is 268 g/mol. The van der Waals surface area contributed by atoms with Crippen LogP contribution in [0, 0.1) is 0 Å². The number of benzene rings is 1. The van der Waals surface area contributed by atoms with Crippen molar-refractivity contribution in [2.24, 2.45) is 0 Å². The Morgan fingerprint density at radius 3 is 2.89 bits per heavy atom. The van der Waals surface area contributed by atoms with Crippen LogP contribution in [0.2, 0.25) is 5.02 Å². The Hall–Kier alpha value is -1.10. The number of amides is 1. The fraction of sp³-hybridized carbons (Fsp3) is 0.462. The lowest BCUT2D eigenvalue weighted by Crippen LogP contribution is -2.51. The van der Waals surface area contributed by atoms with E-state index in [1.807, 2.05) is 0 Å². The summed E-state index contributed by atoms with van der Waals surface area (Å²) >= 11 is 5.80. The van der Waals surface area contributed by atoms with Gasteiger partial charge in [-0.3, -0.25) is 9.69 Å². The Morgan fingerprint density at radius 1 is 1.50 bits per heavy atom. The quantitative estimate of drug-likeness (QED) is 0.874. The van der Waals surface area contributed by atoms with Gasteiger partial charge in [0.25, 0.3) is 0 Å². The van der Waals surface area contributed by atoms with Crippen LogP contribution in [0.1, 0.15) is 6.92 Å². The fourth-order valence-corrected chi connectivity index (χ4v) is 2.16. The molecule has 0 radical (unpaired) electrons. The Bertz CT molecular complexity index is 407. The second-order valence-electron chi connectivity index (χ2n) is 4.58. The van der Waals surface area contributed by atoms with E-state index in [2.05, 4.69) is 22.5 Å². The molecule has 1 heterocycles. The van der Waals surface area contributed by atoms with Crippen molar-refractivity contribution < 1.29 is 4.79 Å². The van der Waals surface area contributed by atoms with E-state index in [1.54, 1.807) is 24.3 Å². The number of halogens is 1. The van der Waals surface area contributed by atoms with Crippen molar-refractivity contribution in [2.45, 2.75) is 13.0 Å². The Kier molecular flexibility index (Phi) is 4.58. The standard InChI is InChI=1S/C13H18ClN3O/c1-10-8-15-6-7-17(10)9-13(18)16-12-4-2-11(14)3-5-12/h2-5,10,15H,6-9H2,1H3,(H,16,18)/t10-/m1/s1. The molecule has 0 aromatic heterocycles. The van der Waals surface area contributed by atoms with Gasteiger partial charge in [-0.2, -0.15) is 0 Å². The molecule has 2 rings (SSSR count). The van der Waals surface area contributed by atoms with Crippen LogP contribution in [-0.4, -0.2) is 43.0 Å². The first-order valence-electron chi connectivity index (χ1n) is 6.15. The van der Waals surface area contributed by atoms with Crippen molar-refractivity contribution in [3.63, 3.8) is 0 Å². The molecule has 18 heavy (non-hydrogen) atoms. The molecule has 0 aliphatic carbocycles. The van der Waals surface area contributed by atoms with Gasteiger partial charge in [0.15, 0.2) is 0 Å². The van der Waals surface area contributed by atoms with E-state index in [9.17, 15) is 4.79 Å². The molecule has 0 saturated carbocycles. The van der Waals surface area contributed by atoms with E-state index in [-0.39, 0.29) is 5.91 Å². The molecule has 1 amide bonds. The summed E-state index contributed by atoms with van der Waals surface area (Å²) < 4.78 is 0. The van der Waals surface area contributed by atoms with Crippen LogP contribution in [0.3, 0.4) is 0 Å². The number of nitrogens with one attached hydrogen (secondary N) is 2. The zero-order valence-electron chi connectivity index (χ0n) is 10.4. The molecule has 98 valence electrons. The number of hydrogen-bond donors (Lipinski definition) is 2. The van der Waals surface area contributed by atoms with Crippen LogP contribution in [0.4, 0.5) is 5.69 Å². The van der Waals surface area contributed by atoms with Gasteiger partial charge < -0.3 is 10.6 Å². The molecule has 2 N–H and O–H groups in total. The molecular weight excluding hydrogens is 250 g/mol. The SMILES string of the molecule is C[C@@H]1CNCCN1CC(=O)Nc1ccc(Cl)cc1. The van der Waals surface area contributed by atoms with Crippen molar-refractivity contribution in [3.8, 4) is 0 Å². The molecule has 1 aliphatic rings. The maximum atomic E-state index is 11.9. The highest BCUT2D eigenvalue weighted by atomic mass is 35.5. The average Bonchev–Trinajstić information content (AvgIpc) is 2.35. The van der Waals surface area contributed by atoms with Crippen molar-refractivity contribution in [1.82, 2.24) is 10.2 Å². The molecule has 1 aromatic carbocycles. The van der Waals surface area contributed by atoms with Crippen LogP contribution < -0.4 is 10.6 Å². The minimum absolute atomic E-state index is 0.0195. The summed E-state index contributed by atoms with van der Waals surface area (Å²) in [6.45, 7) is 5.36. The Balaban J connectivity index is 1.86. The van der Waals surface area contributed by atoms with Crippen molar-refractivity contribution in [1.29, 1.82) is 0 Å². The van der Waals surface area contributed by atoms with Gasteiger partial charge in [0.1, 0.15) is 0 Å². The van der Waals surface area contributed by atoms with Crippen LogP contribution in [0.25, 0.3) is 0 Å². The molecule has 0 spiro atoms. The summed E-state index contributed by atoms with van der Waals surface area (Å²) in [5.74, 6) is 0.0195. The normalized spacial score (nSPS) is 20.7. The van der Waals surface area contributed by atoms with Crippen LogP contribution >= 0.6 is 11.6 Å². The van der Waals surface area contributed by atoms with E-state index >= 15 is 0 Å².